The van der Waals surface area contributed by atoms with E-state index in [0.29, 0.717) is 12.4 Å². The molecule has 0 unspecified atom stereocenters. The molecule has 3 rings (SSSR count). The van der Waals surface area contributed by atoms with Crippen molar-refractivity contribution in [1.29, 1.82) is 0 Å². The van der Waals surface area contributed by atoms with E-state index in [1.54, 1.807) is 11.0 Å². The van der Waals surface area contributed by atoms with Crippen LogP contribution in [-0.2, 0) is 0 Å². The van der Waals surface area contributed by atoms with E-state index >= 15 is 0 Å². The van der Waals surface area contributed by atoms with E-state index in [9.17, 15) is 9.90 Å². The fraction of sp³-hybridized carbons (Fsp3) is 0.385. The first kappa shape index (κ1) is 12.6. The topological polar surface area (TPSA) is 95.0 Å². The average molecular weight is 273 g/mol. The van der Waals surface area contributed by atoms with Gasteiger partial charge >= 0.3 is 0 Å². The van der Waals surface area contributed by atoms with E-state index in [1.807, 2.05) is 6.92 Å². The summed E-state index contributed by atoms with van der Waals surface area (Å²) in [7, 11) is 0. The van der Waals surface area contributed by atoms with Crippen LogP contribution in [0.4, 0.5) is 0 Å². The Kier molecular flexibility index (Phi) is 3.09. The first-order chi connectivity index (χ1) is 9.66. The molecule has 1 aliphatic heterocycles. The lowest BCUT2D eigenvalue weighted by Gasteiger charge is -2.22. The van der Waals surface area contributed by atoms with Crippen molar-refractivity contribution in [3.05, 3.63) is 35.7 Å². The van der Waals surface area contributed by atoms with Crippen LogP contribution in [0.1, 0.15) is 41.0 Å². The molecule has 3 heterocycles. The molecule has 2 aromatic heterocycles. The van der Waals surface area contributed by atoms with Gasteiger partial charge in [-0.3, -0.25) is 9.89 Å². The number of likely N-dealkylation sites (tertiary alicyclic amines) is 1. The molecule has 2 N–H and O–H groups in total. The third-order valence-electron chi connectivity index (χ3n) is 3.42. The number of aromatic nitrogens is 4. The normalized spacial score (nSPS) is 18.4. The van der Waals surface area contributed by atoms with Crippen LogP contribution in [0.25, 0.3) is 0 Å². The van der Waals surface area contributed by atoms with Crippen molar-refractivity contribution in [3.8, 4) is 5.75 Å². The highest BCUT2D eigenvalue weighted by molar-refractivity contribution is 5.95. The van der Waals surface area contributed by atoms with Crippen molar-refractivity contribution >= 4 is 5.91 Å². The van der Waals surface area contributed by atoms with Crippen LogP contribution >= 0.6 is 0 Å². The van der Waals surface area contributed by atoms with E-state index in [2.05, 4.69) is 20.2 Å². The summed E-state index contributed by atoms with van der Waals surface area (Å²) >= 11 is 0. The molecule has 1 atom stereocenters. The number of aromatic amines is 1. The van der Waals surface area contributed by atoms with Gasteiger partial charge in [0.15, 0.2) is 11.5 Å². The predicted octanol–water partition coefficient (Wildman–Crippen LogP) is 1.19. The minimum absolute atomic E-state index is 0.0756. The van der Waals surface area contributed by atoms with Crippen molar-refractivity contribution in [2.75, 3.05) is 6.54 Å². The van der Waals surface area contributed by atoms with Gasteiger partial charge in [0.1, 0.15) is 11.6 Å². The summed E-state index contributed by atoms with van der Waals surface area (Å²) in [6.07, 6.45) is 3.20. The molecule has 0 spiro atoms. The van der Waals surface area contributed by atoms with E-state index in [-0.39, 0.29) is 23.4 Å². The van der Waals surface area contributed by atoms with Crippen molar-refractivity contribution in [1.82, 2.24) is 25.1 Å². The largest absolute Gasteiger partial charge is 0.505 e. The zero-order valence-electron chi connectivity index (χ0n) is 11.1. The van der Waals surface area contributed by atoms with E-state index in [0.717, 1.165) is 18.7 Å². The van der Waals surface area contributed by atoms with Gasteiger partial charge in [0, 0.05) is 12.7 Å². The molecule has 1 saturated heterocycles. The second kappa shape index (κ2) is 4.92. The highest BCUT2D eigenvalue weighted by atomic mass is 16.3. The monoisotopic (exact) mass is 273 g/mol. The zero-order valence-corrected chi connectivity index (χ0v) is 11.1. The standard InChI is InChI=1S/C13H15N5O2/c1-8-15-12(17-16-8)9-4-3-7-18(9)13(20)11-10(19)5-2-6-14-11/h2,5-6,9,19H,3-4,7H2,1H3,(H,15,16,17)/t9-/m1/s1. The summed E-state index contributed by atoms with van der Waals surface area (Å²) in [5.41, 5.74) is 0.0756. The fourth-order valence-electron chi connectivity index (χ4n) is 2.48. The van der Waals surface area contributed by atoms with Crippen molar-refractivity contribution < 1.29 is 9.90 Å². The molecular weight excluding hydrogens is 258 g/mol. The number of nitrogens with one attached hydrogen (secondary N) is 1. The van der Waals surface area contributed by atoms with Crippen LogP contribution in [0, 0.1) is 6.92 Å². The Bertz CT molecular complexity index is 639. The minimum atomic E-state index is -0.284. The number of amides is 1. The number of nitrogens with zero attached hydrogens (tertiary/aromatic N) is 4. The van der Waals surface area contributed by atoms with Crippen LogP contribution in [0.15, 0.2) is 18.3 Å². The van der Waals surface area contributed by atoms with Gasteiger partial charge in [0.05, 0.1) is 6.04 Å². The Morgan fingerprint density at radius 1 is 1.55 bits per heavy atom. The summed E-state index contributed by atoms with van der Waals surface area (Å²) in [4.78, 5) is 22.4. The maximum atomic E-state index is 12.5. The van der Waals surface area contributed by atoms with E-state index in [1.165, 1.54) is 12.3 Å². The molecule has 1 amide bonds. The van der Waals surface area contributed by atoms with Crippen molar-refractivity contribution in [2.24, 2.45) is 0 Å². The number of carbonyl (C=O) groups is 1. The van der Waals surface area contributed by atoms with Crippen LogP contribution in [0.2, 0.25) is 0 Å². The molecule has 0 bridgehead atoms. The number of carbonyl (C=O) groups excluding carboxylic acids is 1. The number of H-pyrrole nitrogens is 1. The molecule has 1 aliphatic rings. The summed E-state index contributed by atoms with van der Waals surface area (Å²) in [5, 5.41) is 16.7. The maximum absolute atomic E-state index is 12.5. The Balaban J connectivity index is 1.89. The van der Waals surface area contributed by atoms with Gasteiger partial charge in [-0.25, -0.2) is 9.97 Å². The van der Waals surface area contributed by atoms with Gasteiger partial charge < -0.3 is 10.0 Å². The molecule has 7 nitrogen and oxygen atoms in total. The number of aryl methyl sites for hydroxylation is 1. The maximum Gasteiger partial charge on any atom is 0.276 e. The van der Waals surface area contributed by atoms with Crippen LogP contribution in [-0.4, -0.2) is 42.6 Å². The Labute approximate surface area is 115 Å². The molecule has 0 radical (unpaired) electrons. The number of hydrogen-bond acceptors (Lipinski definition) is 5. The lowest BCUT2D eigenvalue weighted by molar-refractivity contribution is 0.0720. The van der Waals surface area contributed by atoms with Gasteiger partial charge in [0.25, 0.3) is 5.91 Å². The van der Waals surface area contributed by atoms with Gasteiger partial charge in [-0.1, -0.05) is 0 Å². The van der Waals surface area contributed by atoms with E-state index < -0.39 is 0 Å². The zero-order chi connectivity index (χ0) is 14.1. The van der Waals surface area contributed by atoms with Crippen molar-refractivity contribution in [2.45, 2.75) is 25.8 Å². The Hall–Kier alpha value is -2.44. The first-order valence-electron chi connectivity index (χ1n) is 6.50. The molecular formula is C13H15N5O2. The number of aromatic hydroxyl groups is 1. The Morgan fingerprint density at radius 2 is 2.40 bits per heavy atom. The molecule has 0 saturated carbocycles. The molecule has 0 aromatic carbocycles. The van der Waals surface area contributed by atoms with Crippen LogP contribution in [0.3, 0.4) is 0 Å². The lowest BCUT2D eigenvalue weighted by Crippen LogP contribution is -2.31. The van der Waals surface area contributed by atoms with Gasteiger partial charge in [0.2, 0.25) is 0 Å². The predicted molar refractivity (Wildman–Crippen MR) is 70.0 cm³/mol. The second-order valence-corrected chi connectivity index (χ2v) is 4.81. The number of pyridine rings is 1. The molecule has 20 heavy (non-hydrogen) atoms. The summed E-state index contributed by atoms with van der Waals surface area (Å²) in [5.74, 6) is 0.950. The molecule has 1 fully saturated rings. The molecule has 2 aromatic rings. The van der Waals surface area contributed by atoms with E-state index in [4.69, 9.17) is 0 Å². The van der Waals surface area contributed by atoms with Crippen molar-refractivity contribution in [3.63, 3.8) is 0 Å². The third-order valence-corrected chi connectivity index (χ3v) is 3.42. The van der Waals surface area contributed by atoms with Crippen LogP contribution < -0.4 is 0 Å². The fourth-order valence-corrected chi connectivity index (χ4v) is 2.48. The lowest BCUT2D eigenvalue weighted by atomic mass is 10.2. The van der Waals surface area contributed by atoms with Gasteiger partial charge in [-0.05, 0) is 31.9 Å². The van der Waals surface area contributed by atoms with Gasteiger partial charge in [-0.15, -0.1) is 0 Å². The molecule has 7 heteroatoms. The smallest absolute Gasteiger partial charge is 0.276 e. The van der Waals surface area contributed by atoms with Crippen LogP contribution in [0.5, 0.6) is 5.75 Å². The summed E-state index contributed by atoms with van der Waals surface area (Å²) < 4.78 is 0. The quantitative estimate of drug-likeness (QED) is 0.857. The number of rotatable bonds is 2. The highest BCUT2D eigenvalue weighted by Crippen LogP contribution is 2.32. The molecule has 0 aliphatic carbocycles. The van der Waals surface area contributed by atoms with Gasteiger partial charge in [-0.2, -0.15) is 5.10 Å². The highest BCUT2D eigenvalue weighted by Gasteiger charge is 2.34. The Morgan fingerprint density at radius 3 is 3.10 bits per heavy atom. The second-order valence-electron chi connectivity index (χ2n) is 4.81. The average Bonchev–Trinajstić information content (AvgIpc) is 3.06. The summed E-state index contributed by atoms with van der Waals surface area (Å²) in [6.45, 7) is 2.44. The third kappa shape index (κ3) is 2.11. The first-order valence-corrected chi connectivity index (χ1v) is 6.50. The SMILES string of the molecule is Cc1nc([C@H]2CCCN2C(=O)c2ncccc2O)n[nH]1. The summed E-state index contributed by atoms with van der Waals surface area (Å²) in [6, 6.07) is 2.89. The molecule has 104 valence electrons. The minimum Gasteiger partial charge on any atom is -0.505 e. The number of hydrogen-bond donors (Lipinski definition) is 2.